The molecule has 0 atom stereocenters. The molecule has 0 aromatic heterocycles. The number of hydrogen-bond donors (Lipinski definition) is 3. The first kappa shape index (κ1) is 22.1. The molecule has 0 saturated heterocycles. The Kier molecular flexibility index (Phi) is 5.88. The molecule has 4 rings (SSSR count). The monoisotopic (exact) mass is 441 g/mol. The van der Waals surface area contributed by atoms with Crippen molar-refractivity contribution in [1.29, 1.82) is 0 Å². The lowest BCUT2D eigenvalue weighted by atomic mass is 10.1. The van der Waals surface area contributed by atoms with Crippen LogP contribution < -0.4 is 9.64 Å². The Morgan fingerprint density at radius 1 is 0.606 bits per heavy atom. The molecule has 0 fully saturated rings. The van der Waals surface area contributed by atoms with Gasteiger partial charge in [0.25, 0.3) is 0 Å². The molecule has 0 saturated carbocycles. The number of aryl methyl sites for hydroxylation is 3. The Balaban J connectivity index is 1.85. The van der Waals surface area contributed by atoms with Gasteiger partial charge < -0.3 is 25.0 Å². The number of anilines is 3. The fourth-order valence-electron chi connectivity index (χ4n) is 3.81. The predicted octanol–water partition coefficient (Wildman–Crippen LogP) is 7.30. The number of nitrogens with zero attached hydrogens (tertiary/aromatic N) is 1. The van der Waals surface area contributed by atoms with Crippen molar-refractivity contribution in [1.82, 2.24) is 0 Å². The second-order valence-corrected chi connectivity index (χ2v) is 8.26. The lowest BCUT2D eigenvalue weighted by molar-refractivity contribution is 0.452. The normalized spacial score (nSPS) is 10.8. The third kappa shape index (κ3) is 4.58. The number of hydrogen-bond acceptors (Lipinski definition) is 5. The molecule has 0 spiro atoms. The Labute approximate surface area is 193 Å². The quantitative estimate of drug-likeness (QED) is 0.303. The highest BCUT2D eigenvalue weighted by atomic mass is 16.5. The van der Waals surface area contributed by atoms with Crippen molar-refractivity contribution in [3.8, 4) is 28.7 Å². The number of phenolic OH excluding ortho intramolecular Hbond substituents is 3. The summed E-state index contributed by atoms with van der Waals surface area (Å²) in [6.07, 6.45) is 0. The SMILES string of the molecule is Cc1ccc(O)cc1N(c1cccc(Oc2cc(O)cc(C)c2C)c1)c1cc(O)ccc1C. The molecule has 0 amide bonds. The van der Waals surface area contributed by atoms with E-state index in [4.69, 9.17) is 4.74 Å². The van der Waals surface area contributed by atoms with Crippen molar-refractivity contribution in [3.63, 3.8) is 0 Å². The molecule has 0 radical (unpaired) electrons. The van der Waals surface area contributed by atoms with E-state index in [9.17, 15) is 15.3 Å². The van der Waals surface area contributed by atoms with E-state index in [1.807, 2.05) is 69.0 Å². The Bertz CT molecular complexity index is 1280. The Morgan fingerprint density at radius 2 is 1.21 bits per heavy atom. The van der Waals surface area contributed by atoms with Gasteiger partial charge in [-0.1, -0.05) is 18.2 Å². The molecule has 5 heteroatoms. The fraction of sp³-hybridized carbons (Fsp3) is 0.143. The first-order valence-electron chi connectivity index (χ1n) is 10.7. The number of ether oxygens (including phenoxy) is 1. The fourth-order valence-corrected chi connectivity index (χ4v) is 3.81. The molecule has 5 nitrogen and oxygen atoms in total. The van der Waals surface area contributed by atoms with E-state index < -0.39 is 0 Å². The van der Waals surface area contributed by atoms with Gasteiger partial charge in [-0.2, -0.15) is 0 Å². The highest BCUT2D eigenvalue weighted by molar-refractivity contribution is 5.81. The zero-order chi connectivity index (χ0) is 23.7. The van der Waals surface area contributed by atoms with Crippen LogP contribution in [0, 0.1) is 27.7 Å². The molecule has 0 bridgehead atoms. The van der Waals surface area contributed by atoms with E-state index in [0.717, 1.165) is 39.3 Å². The average molecular weight is 442 g/mol. The summed E-state index contributed by atoms with van der Waals surface area (Å²) in [6.45, 7) is 7.82. The van der Waals surface area contributed by atoms with E-state index in [0.29, 0.717) is 11.5 Å². The third-order valence-corrected chi connectivity index (χ3v) is 5.78. The predicted molar refractivity (Wildman–Crippen MR) is 132 cm³/mol. The van der Waals surface area contributed by atoms with Gasteiger partial charge in [-0.25, -0.2) is 0 Å². The minimum Gasteiger partial charge on any atom is -0.508 e. The summed E-state index contributed by atoms with van der Waals surface area (Å²) in [7, 11) is 0. The van der Waals surface area contributed by atoms with Crippen LogP contribution >= 0.6 is 0 Å². The van der Waals surface area contributed by atoms with Crippen molar-refractivity contribution in [2.75, 3.05) is 4.90 Å². The minimum absolute atomic E-state index is 0.150. The minimum atomic E-state index is 0.150. The second kappa shape index (κ2) is 8.79. The van der Waals surface area contributed by atoms with Crippen molar-refractivity contribution in [2.45, 2.75) is 27.7 Å². The summed E-state index contributed by atoms with van der Waals surface area (Å²) in [4.78, 5) is 1.98. The molecule has 0 aliphatic rings. The van der Waals surface area contributed by atoms with Gasteiger partial charge in [0, 0.05) is 30.0 Å². The number of benzene rings is 4. The summed E-state index contributed by atoms with van der Waals surface area (Å²) in [5, 5.41) is 30.4. The van der Waals surface area contributed by atoms with Crippen molar-refractivity contribution in [2.24, 2.45) is 0 Å². The van der Waals surface area contributed by atoms with Crippen molar-refractivity contribution >= 4 is 17.1 Å². The zero-order valence-electron chi connectivity index (χ0n) is 19.1. The van der Waals surface area contributed by atoms with Gasteiger partial charge in [0.05, 0.1) is 11.4 Å². The number of aromatic hydroxyl groups is 3. The lowest BCUT2D eigenvalue weighted by Gasteiger charge is -2.29. The van der Waals surface area contributed by atoms with Crippen LogP contribution in [-0.4, -0.2) is 15.3 Å². The number of phenols is 3. The first-order valence-corrected chi connectivity index (χ1v) is 10.7. The summed E-state index contributed by atoms with van der Waals surface area (Å²) in [5.41, 5.74) is 6.17. The van der Waals surface area contributed by atoms with E-state index in [2.05, 4.69) is 0 Å². The Morgan fingerprint density at radius 3 is 1.82 bits per heavy atom. The van der Waals surface area contributed by atoms with Crippen LogP contribution in [0.1, 0.15) is 22.3 Å². The zero-order valence-corrected chi connectivity index (χ0v) is 19.1. The van der Waals surface area contributed by atoms with Crippen LogP contribution in [0.15, 0.2) is 72.8 Å². The maximum Gasteiger partial charge on any atom is 0.134 e. The van der Waals surface area contributed by atoms with Crippen LogP contribution in [0.2, 0.25) is 0 Å². The molecule has 0 aliphatic heterocycles. The molecule has 4 aromatic carbocycles. The highest BCUT2D eigenvalue weighted by Gasteiger charge is 2.19. The molecular formula is C28H27NO4. The molecule has 0 aliphatic carbocycles. The lowest BCUT2D eigenvalue weighted by Crippen LogP contribution is -2.12. The van der Waals surface area contributed by atoms with Gasteiger partial charge in [0.2, 0.25) is 0 Å². The molecule has 33 heavy (non-hydrogen) atoms. The van der Waals surface area contributed by atoms with E-state index in [-0.39, 0.29) is 17.2 Å². The van der Waals surface area contributed by atoms with Crippen LogP contribution in [0.25, 0.3) is 0 Å². The molecule has 0 heterocycles. The third-order valence-electron chi connectivity index (χ3n) is 5.78. The standard InChI is InChI=1S/C28H27NO4/c1-17-8-10-22(30)14-26(17)29(27-15-23(31)11-9-18(27)2)21-6-5-7-25(13-21)33-28-16-24(32)12-19(3)20(28)4/h5-16,30-32H,1-4H3. The van der Waals surface area contributed by atoms with Crippen molar-refractivity contribution in [3.05, 3.63) is 95.1 Å². The number of rotatable bonds is 5. The van der Waals surface area contributed by atoms with E-state index in [1.165, 1.54) is 0 Å². The average Bonchev–Trinajstić information content (AvgIpc) is 2.77. The Hall–Kier alpha value is -4.12. The van der Waals surface area contributed by atoms with E-state index in [1.54, 1.807) is 36.4 Å². The topological polar surface area (TPSA) is 73.2 Å². The smallest absolute Gasteiger partial charge is 0.134 e. The summed E-state index contributed by atoms with van der Waals surface area (Å²) >= 11 is 0. The van der Waals surface area contributed by atoms with Gasteiger partial charge in [-0.15, -0.1) is 0 Å². The van der Waals surface area contributed by atoms with Gasteiger partial charge >= 0.3 is 0 Å². The van der Waals surface area contributed by atoms with Crippen molar-refractivity contribution < 1.29 is 20.1 Å². The second-order valence-electron chi connectivity index (χ2n) is 8.26. The van der Waals surface area contributed by atoms with Gasteiger partial charge in [0.15, 0.2) is 0 Å². The molecule has 4 aromatic rings. The molecule has 168 valence electrons. The summed E-state index contributed by atoms with van der Waals surface area (Å²) < 4.78 is 6.16. The molecular weight excluding hydrogens is 414 g/mol. The van der Waals surface area contributed by atoms with E-state index >= 15 is 0 Å². The van der Waals surface area contributed by atoms with Gasteiger partial charge in [-0.05, 0) is 80.3 Å². The summed E-state index contributed by atoms with van der Waals surface area (Å²) in [5.74, 6) is 1.63. The largest absolute Gasteiger partial charge is 0.508 e. The van der Waals surface area contributed by atoms with Crippen LogP contribution in [-0.2, 0) is 0 Å². The maximum atomic E-state index is 10.2. The summed E-state index contributed by atoms with van der Waals surface area (Å²) in [6, 6.07) is 21.3. The van der Waals surface area contributed by atoms with Crippen LogP contribution in [0.5, 0.6) is 28.7 Å². The van der Waals surface area contributed by atoms with Gasteiger partial charge in [0.1, 0.15) is 28.7 Å². The van der Waals surface area contributed by atoms with Crippen LogP contribution in [0.4, 0.5) is 17.1 Å². The molecule has 3 N–H and O–H groups in total. The highest BCUT2D eigenvalue weighted by Crippen LogP contribution is 2.42. The maximum absolute atomic E-state index is 10.2. The van der Waals surface area contributed by atoms with Gasteiger partial charge in [-0.3, -0.25) is 0 Å². The molecule has 0 unspecified atom stereocenters. The van der Waals surface area contributed by atoms with Crippen LogP contribution in [0.3, 0.4) is 0 Å². The first-order chi connectivity index (χ1) is 15.7.